The summed E-state index contributed by atoms with van der Waals surface area (Å²) in [6, 6.07) is 44.5. The zero-order chi connectivity index (χ0) is 77.8. The van der Waals surface area contributed by atoms with Gasteiger partial charge in [-0.3, -0.25) is 44.9 Å². The lowest BCUT2D eigenvalue weighted by Crippen LogP contribution is -2.70. The second-order valence-electron chi connectivity index (χ2n) is 34.1. The first-order chi connectivity index (χ1) is 56.2. The number of fused-ring (bicyclic) bond motifs is 20. The van der Waals surface area contributed by atoms with Crippen LogP contribution in [0.1, 0.15) is 162 Å². The molecule has 5 aromatic carbocycles. The molecular weight excluding hydrogens is 1400 g/mol. The second kappa shape index (κ2) is 27.9. The molecule has 25 rings (SSSR count). The minimum absolute atomic E-state index is 0.324. The minimum Gasteiger partial charge on any atom is -0.264 e. The first-order valence-corrected chi connectivity index (χ1v) is 41.1. The molecule has 10 aromatic heterocycles. The van der Waals surface area contributed by atoms with E-state index in [2.05, 4.69) is 262 Å². The van der Waals surface area contributed by atoms with E-state index in [9.17, 15) is 0 Å². The minimum atomic E-state index is 0.324. The summed E-state index contributed by atoms with van der Waals surface area (Å²) < 4.78 is 2.31. The van der Waals surface area contributed by atoms with Crippen molar-refractivity contribution in [2.45, 2.75) is 127 Å². The summed E-state index contributed by atoms with van der Waals surface area (Å²) in [6.07, 6.45) is 42.3. The zero-order valence-corrected chi connectivity index (χ0v) is 67.2. The molecule has 0 bridgehead atoms. The number of aromatic nitrogens is 10. The number of rotatable bonds is 0. The Bertz CT molecular complexity index is 5200. The molecule has 10 nitrogen and oxygen atoms in total. The van der Waals surface area contributed by atoms with Gasteiger partial charge in [0.1, 0.15) is 12.6 Å². The van der Waals surface area contributed by atoms with Gasteiger partial charge in [-0.1, -0.05) is 184 Å². The van der Waals surface area contributed by atoms with Gasteiger partial charge >= 0.3 is 6.71 Å². The fourth-order valence-corrected chi connectivity index (χ4v) is 22.7. The van der Waals surface area contributed by atoms with Gasteiger partial charge in [0, 0.05) is 141 Å². The SMILES string of the molecule is Cc1cccc2c1B1c3c(C)cncc3Cc3cncc(c31)C2.Cc1cccc2c1B1c3c(C)cncc3Cc3cncc(c31)C2.Cc1cccc2c1B1c3c(C)cncc3Cc3nccc(c31)C2.Cc1cccc2c1B1c3c(ccnc3Cc3ccc[n+](C)c31)C2.Cc1cccc2c1B1c3c(cncc3Cc3nccc(C)c31)C2. The Labute approximate surface area is 676 Å². The van der Waals surface area contributed by atoms with Crippen LogP contribution in [0.5, 0.6) is 0 Å². The molecule has 0 aliphatic carbocycles. The topological polar surface area (TPSA) is 120 Å². The highest BCUT2D eigenvalue weighted by Gasteiger charge is 2.47. The molecule has 10 aliphatic rings. The van der Waals surface area contributed by atoms with Crippen LogP contribution >= 0.6 is 0 Å². The van der Waals surface area contributed by atoms with Crippen molar-refractivity contribution in [1.82, 2.24) is 44.9 Å². The highest BCUT2D eigenvalue weighted by Crippen LogP contribution is 2.30. The van der Waals surface area contributed by atoms with Crippen molar-refractivity contribution < 1.29 is 4.57 Å². The molecular formula is C100H86B5N10+. The molecule has 0 radical (unpaired) electrons. The first-order valence-electron chi connectivity index (χ1n) is 41.1. The number of hydrogen-bond acceptors (Lipinski definition) is 9. The van der Waals surface area contributed by atoms with Crippen LogP contribution in [0.4, 0.5) is 0 Å². The molecule has 10 aliphatic heterocycles. The van der Waals surface area contributed by atoms with Crippen LogP contribution in [0.3, 0.4) is 0 Å². The van der Waals surface area contributed by atoms with Crippen LogP contribution in [0, 0.1) is 62.3 Å². The molecule has 0 N–H and O–H groups in total. The summed E-state index contributed by atoms with van der Waals surface area (Å²) in [7, 11) is 2.17. The summed E-state index contributed by atoms with van der Waals surface area (Å²) in [5.74, 6) is 0. The van der Waals surface area contributed by atoms with Crippen LogP contribution in [0.15, 0.2) is 220 Å². The number of pyridine rings is 10. The van der Waals surface area contributed by atoms with Gasteiger partial charge in [-0.15, -0.1) is 0 Å². The number of nitrogens with zero attached hydrogens (tertiary/aromatic N) is 10. The number of benzene rings is 5. The van der Waals surface area contributed by atoms with Gasteiger partial charge in [0.05, 0.1) is 0 Å². The molecule has 15 aromatic rings. The second-order valence-corrected chi connectivity index (χ2v) is 34.1. The van der Waals surface area contributed by atoms with Crippen molar-refractivity contribution in [2.75, 3.05) is 0 Å². The van der Waals surface area contributed by atoms with E-state index >= 15 is 0 Å². The van der Waals surface area contributed by atoms with Gasteiger partial charge in [-0.25, -0.2) is 4.57 Å². The smallest absolute Gasteiger partial charge is 0.264 e. The molecule has 0 spiro atoms. The highest BCUT2D eigenvalue weighted by molar-refractivity contribution is 7.00. The average Bonchev–Trinajstić information content (AvgIpc) is 0.747. The molecule has 0 saturated heterocycles. The van der Waals surface area contributed by atoms with E-state index < -0.39 is 0 Å². The molecule has 0 fully saturated rings. The molecule has 115 heavy (non-hydrogen) atoms. The van der Waals surface area contributed by atoms with Crippen LogP contribution < -0.4 is 86.6 Å². The maximum atomic E-state index is 4.73. The lowest BCUT2D eigenvalue weighted by Gasteiger charge is -2.35. The van der Waals surface area contributed by atoms with Crippen molar-refractivity contribution in [1.29, 1.82) is 0 Å². The van der Waals surface area contributed by atoms with Gasteiger partial charge in [0.2, 0.25) is 26.9 Å². The molecule has 0 unspecified atom stereocenters. The summed E-state index contributed by atoms with van der Waals surface area (Å²) in [5.41, 5.74) is 62.0. The van der Waals surface area contributed by atoms with Crippen LogP contribution in [0.2, 0.25) is 0 Å². The fraction of sp³-hybridized carbons (Fsp3) is 0.200. The maximum Gasteiger partial charge on any atom is 0.328 e. The summed E-state index contributed by atoms with van der Waals surface area (Å²) >= 11 is 0. The number of hydrogen-bond donors (Lipinski definition) is 0. The van der Waals surface area contributed by atoms with Gasteiger partial charge in [-0.05, 0) is 254 Å². The van der Waals surface area contributed by atoms with Crippen molar-refractivity contribution >= 4 is 116 Å². The Morgan fingerprint density at radius 1 is 0.209 bits per heavy atom. The monoisotopic (exact) mass is 1480 g/mol. The standard InChI is InChI=1S/C20H18BN2.4C20H17BN2/c1-13-5-3-6-14-11-15-8-9-22-17-12-16-7-4-10-23(2)20(16)21(18(13)14)19(15)17;2*1-12-4-3-5-14-6-16-10-23-11-17-7-15-9-22-8-13(2)19(15)21(18(12)14)20(16)17;1-12-4-3-5-14-8-15-6-7-23-17-9-16-11-22-10-13(2)19(16)21(18(12)14)20(15)17;1-12-4-3-5-14-8-15-10-22-11-16-9-17-19(13(2)6-7-23-17)21(18(12)14)20(15)16/h3-10H,11-12H2,1-2H3;2*3-5,8-11H,6-7H2,1-2H3;2*3-7,10-11H,8-9H2,1-2H3/q+1;;;;. The molecule has 0 amide bonds. The van der Waals surface area contributed by atoms with Crippen molar-refractivity contribution in [3.63, 3.8) is 0 Å². The Morgan fingerprint density at radius 2 is 0.452 bits per heavy atom. The van der Waals surface area contributed by atoms with E-state index in [0.717, 1.165) is 64.2 Å². The van der Waals surface area contributed by atoms with Crippen LogP contribution in [-0.4, -0.2) is 78.4 Å². The van der Waals surface area contributed by atoms with E-state index in [4.69, 9.17) is 15.0 Å². The highest BCUT2D eigenvalue weighted by atomic mass is 14.9. The van der Waals surface area contributed by atoms with E-state index in [0.29, 0.717) is 33.6 Å². The summed E-state index contributed by atoms with van der Waals surface area (Å²) in [6.45, 7) is 21.7. The summed E-state index contributed by atoms with van der Waals surface area (Å²) in [4.78, 5) is 41.0. The lowest BCUT2D eigenvalue weighted by atomic mass is 9.30. The van der Waals surface area contributed by atoms with Crippen molar-refractivity contribution in [2.24, 2.45) is 7.05 Å². The molecule has 15 heteroatoms. The van der Waals surface area contributed by atoms with E-state index in [-0.39, 0.29) is 0 Å². The van der Waals surface area contributed by atoms with Crippen molar-refractivity contribution in [3.05, 3.63) is 382 Å². The van der Waals surface area contributed by atoms with Gasteiger partial charge in [-0.2, -0.15) is 0 Å². The Morgan fingerprint density at radius 3 is 0.843 bits per heavy atom. The summed E-state index contributed by atoms with van der Waals surface area (Å²) in [5, 5.41) is 0. The van der Waals surface area contributed by atoms with E-state index in [1.807, 2.05) is 62.0 Å². The molecule has 0 saturated carbocycles. The number of aryl methyl sites for hydroxylation is 10. The van der Waals surface area contributed by atoms with Crippen LogP contribution in [0.25, 0.3) is 0 Å². The van der Waals surface area contributed by atoms with Crippen molar-refractivity contribution in [3.8, 4) is 0 Å². The Hall–Kier alpha value is -12.1. The third-order valence-electron chi connectivity index (χ3n) is 27.3. The van der Waals surface area contributed by atoms with Crippen LogP contribution in [-0.2, 0) is 71.3 Å². The average molecular weight is 1480 g/mol. The third-order valence-corrected chi connectivity index (χ3v) is 27.3. The molecule has 20 heterocycles. The van der Waals surface area contributed by atoms with E-state index in [1.54, 1.807) is 0 Å². The lowest BCUT2D eigenvalue weighted by molar-refractivity contribution is -0.654. The third kappa shape index (κ3) is 11.5. The fourth-order valence-electron chi connectivity index (χ4n) is 22.7. The van der Waals surface area contributed by atoms with E-state index in [1.165, 1.54) is 244 Å². The van der Waals surface area contributed by atoms with Gasteiger partial charge in [0.15, 0.2) is 6.20 Å². The zero-order valence-electron chi connectivity index (χ0n) is 67.2. The normalized spacial score (nSPS) is 14.1. The largest absolute Gasteiger partial charge is 0.328 e. The Balaban J connectivity index is 0.0000000900. The molecule has 0 atom stereocenters. The van der Waals surface area contributed by atoms with Gasteiger partial charge in [0.25, 0.3) is 0 Å². The van der Waals surface area contributed by atoms with Gasteiger partial charge < -0.3 is 0 Å². The quantitative estimate of drug-likeness (QED) is 0.129. The maximum absolute atomic E-state index is 4.73. The predicted octanol–water partition coefficient (Wildman–Crippen LogP) is 6.21. The molecule has 550 valence electrons. The Kier molecular flexibility index (Phi) is 17.2. The first kappa shape index (κ1) is 70.8. The predicted molar refractivity (Wildman–Crippen MR) is 472 cm³/mol.